The highest BCUT2D eigenvalue weighted by molar-refractivity contribution is 14.0. The number of likely N-dealkylation sites (N-methyl/N-ethyl adjacent to an activating group) is 1. The minimum atomic E-state index is 0. The number of benzene rings is 1. The third-order valence-corrected chi connectivity index (χ3v) is 4.98. The van der Waals surface area contributed by atoms with Gasteiger partial charge in [-0.1, -0.05) is 17.7 Å². The van der Waals surface area contributed by atoms with Crippen LogP contribution in [0.25, 0.3) is 11.5 Å². The Balaban J connectivity index is 0.00000280. The molecule has 0 bridgehead atoms. The third-order valence-electron chi connectivity index (χ3n) is 4.98. The number of halogens is 1. The minimum absolute atomic E-state index is 0. The normalized spacial score (nSPS) is 15.2. The number of aryl methyl sites for hydroxylation is 1. The number of rotatable bonds is 8. The van der Waals surface area contributed by atoms with Crippen molar-refractivity contribution in [2.24, 2.45) is 4.99 Å². The fourth-order valence-corrected chi connectivity index (χ4v) is 2.94. The van der Waals surface area contributed by atoms with Gasteiger partial charge >= 0.3 is 0 Å². The van der Waals surface area contributed by atoms with Crippen molar-refractivity contribution in [2.75, 3.05) is 20.1 Å². The first-order chi connectivity index (χ1) is 13.1. The Hall–Kier alpha value is -1.61. The molecule has 0 spiro atoms. The van der Waals surface area contributed by atoms with Gasteiger partial charge in [0, 0.05) is 30.7 Å². The average molecular weight is 497 g/mol. The van der Waals surface area contributed by atoms with Crippen molar-refractivity contribution in [1.82, 2.24) is 20.5 Å². The van der Waals surface area contributed by atoms with E-state index in [1.807, 2.05) is 12.1 Å². The summed E-state index contributed by atoms with van der Waals surface area (Å²) in [5.41, 5.74) is 3.03. The summed E-state index contributed by atoms with van der Waals surface area (Å²) in [7, 11) is 2.20. The molecular weight excluding hydrogens is 465 g/mol. The van der Waals surface area contributed by atoms with Crippen molar-refractivity contribution < 1.29 is 4.42 Å². The third kappa shape index (κ3) is 6.48. The quantitative estimate of drug-likeness (QED) is 0.330. The molecule has 1 aromatic heterocycles. The number of guanidine groups is 1. The molecule has 1 aromatic carbocycles. The molecule has 2 N–H and O–H groups in total. The van der Waals surface area contributed by atoms with Crippen molar-refractivity contribution in [1.29, 1.82) is 0 Å². The zero-order chi connectivity index (χ0) is 19.2. The van der Waals surface area contributed by atoms with Crippen molar-refractivity contribution in [3.63, 3.8) is 0 Å². The molecule has 1 saturated carbocycles. The molecular formula is C21H32IN5O. The smallest absolute Gasteiger partial charge is 0.226 e. The molecule has 0 aliphatic heterocycles. The van der Waals surface area contributed by atoms with Crippen molar-refractivity contribution in [3.05, 3.63) is 41.8 Å². The molecule has 3 rings (SSSR count). The van der Waals surface area contributed by atoms with Crippen LogP contribution in [-0.2, 0) is 6.54 Å². The lowest BCUT2D eigenvalue weighted by Gasteiger charge is -2.25. The van der Waals surface area contributed by atoms with Crippen molar-refractivity contribution >= 4 is 29.9 Å². The lowest BCUT2D eigenvalue weighted by molar-refractivity contribution is 0.247. The summed E-state index contributed by atoms with van der Waals surface area (Å²) in [5, 5.41) is 6.74. The molecule has 1 unspecified atom stereocenters. The molecule has 0 saturated heterocycles. The molecule has 28 heavy (non-hydrogen) atoms. The summed E-state index contributed by atoms with van der Waals surface area (Å²) in [5.74, 6) is 1.45. The van der Waals surface area contributed by atoms with Crippen LogP contribution in [0.4, 0.5) is 0 Å². The fraction of sp³-hybridized carbons (Fsp3) is 0.524. The van der Waals surface area contributed by atoms with E-state index in [2.05, 4.69) is 65.5 Å². The first-order valence-corrected chi connectivity index (χ1v) is 9.82. The number of nitrogens with zero attached hydrogens (tertiary/aromatic N) is 3. The number of aromatic nitrogens is 1. The Morgan fingerprint density at radius 1 is 1.29 bits per heavy atom. The van der Waals surface area contributed by atoms with Crippen LogP contribution in [-0.4, -0.2) is 48.1 Å². The molecule has 0 radical (unpaired) electrons. The topological polar surface area (TPSA) is 65.7 Å². The molecule has 1 heterocycles. The van der Waals surface area contributed by atoms with Crippen LogP contribution in [0.15, 0.2) is 39.9 Å². The molecule has 7 heteroatoms. The molecule has 6 nitrogen and oxygen atoms in total. The maximum atomic E-state index is 5.62. The van der Waals surface area contributed by atoms with E-state index in [4.69, 9.17) is 4.42 Å². The van der Waals surface area contributed by atoms with Crippen LogP contribution in [0.1, 0.15) is 37.9 Å². The van der Waals surface area contributed by atoms with Crippen LogP contribution in [0.2, 0.25) is 0 Å². The second-order valence-electron chi connectivity index (χ2n) is 7.33. The second-order valence-corrected chi connectivity index (χ2v) is 7.33. The molecule has 1 fully saturated rings. The molecule has 0 amide bonds. The predicted molar refractivity (Wildman–Crippen MR) is 125 cm³/mol. The first kappa shape index (κ1) is 22.7. The fourth-order valence-electron chi connectivity index (χ4n) is 2.94. The van der Waals surface area contributed by atoms with E-state index in [1.165, 1.54) is 18.4 Å². The van der Waals surface area contributed by atoms with E-state index in [0.29, 0.717) is 18.5 Å². The summed E-state index contributed by atoms with van der Waals surface area (Å²) >= 11 is 0. The zero-order valence-corrected chi connectivity index (χ0v) is 19.6. The summed E-state index contributed by atoms with van der Waals surface area (Å²) in [6, 6.07) is 9.41. The Labute approximate surface area is 185 Å². The van der Waals surface area contributed by atoms with E-state index in [1.54, 1.807) is 6.26 Å². The first-order valence-electron chi connectivity index (χ1n) is 9.82. The Bertz CT molecular complexity index is 754. The molecule has 1 aliphatic rings. The predicted octanol–water partition coefficient (Wildman–Crippen LogP) is 3.81. The van der Waals surface area contributed by atoms with Gasteiger partial charge in [0.1, 0.15) is 12.0 Å². The maximum absolute atomic E-state index is 5.62. The number of oxazole rings is 1. The number of hydrogen-bond acceptors (Lipinski definition) is 4. The number of aliphatic imine (C=N–C) groups is 1. The van der Waals surface area contributed by atoms with Crippen molar-refractivity contribution in [2.45, 2.75) is 52.2 Å². The molecule has 1 atom stereocenters. The van der Waals surface area contributed by atoms with Gasteiger partial charge in [-0.05, 0) is 52.8 Å². The second kappa shape index (κ2) is 10.8. The van der Waals surface area contributed by atoms with Gasteiger partial charge in [-0.25, -0.2) is 9.98 Å². The van der Waals surface area contributed by atoms with Crippen LogP contribution in [0.3, 0.4) is 0 Å². The van der Waals surface area contributed by atoms with Gasteiger partial charge in [-0.2, -0.15) is 0 Å². The molecule has 2 aromatic rings. The highest BCUT2D eigenvalue weighted by Crippen LogP contribution is 2.26. The van der Waals surface area contributed by atoms with E-state index < -0.39 is 0 Å². The highest BCUT2D eigenvalue weighted by Gasteiger charge is 2.28. The van der Waals surface area contributed by atoms with Gasteiger partial charge in [0.05, 0.1) is 6.54 Å². The summed E-state index contributed by atoms with van der Waals surface area (Å²) < 4.78 is 5.62. The SMILES string of the molecule is CCNC(=NCc1coc(-c2ccc(C)cc2)n1)NCC(C)N(C)C1CC1.I. The standard InChI is InChI=1S/C21H31N5O.HI/c1-5-22-21(23-12-16(3)26(4)19-10-11-19)24-13-18-14-27-20(25-18)17-8-6-15(2)7-9-17;/h6-9,14,16,19H,5,10-13H2,1-4H3,(H2,22,23,24);1H. The van der Waals surface area contributed by atoms with E-state index in [-0.39, 0.29) is 24.0 Å². The minimum Gasteiger partial charge on any atom is -0.444 e. The van der Waals surface area contributed by atoms with Gasteiger partial charge in [-0.15, -0.1) is 24.0 Å². The van der Waals surface area contributed by atoms with Gasteiger partial charge in [0.2, 0.25) is 5.89 Å². The molecule has 154 valence electrons. The Morgan fingerprint density at radius 3 is 2.64 bits per heavy atom. The average Bonchev–Trinajstić information content (AvgIpc) is 3.42. The van der Waals surface area contributed by atoms with Crippen LogP contribution >= 0.6 is 24.0 Å². The van der Waals surface area contributed by atoms with Crippen LogP contribution < -0.4 is 10.6 Å². The largest absolute Gasteiger partial charge is 0.444 e. The van der Waals surface area contributed by atoms with Crippen LogP contribution in [0.5, 0.6) is 0 Å². The van der Waals surface area contributed by atoms with Gasteiger partial charge in [0.15, 0.2) is 5.96 Å². The summed E-state index contributed by atoms with van der Waals surface area (Å²) in [6.07, 6.45) is 4.33. The lowest BCUT2D eigenvalue weighted by Crippen LogP contribution is -2.45. The van der Waals surface area contributed by atoms with Crippen LogP contribution in [0, 0.1) is 6.92 Å². The van der Waals surface area contributed by atoms with E-state index in [9.17, 15) is 0 Å². The van der Waals surface area contributed by atoms with Gasteiger partial charge in [-0.3, -0.25) is 4.90 Å². The zero-order valence-electron chi connectivity index (χ0n) is 17.2. The van der Waals surface area contributed by atoms with Gasteiger partial charge in [0.25, 0.3) is 0 Å². The van der Waals surface area contributed by atoms with E-state index in [0.717, 1.165) is 36.3 Å². The molecule has 1 aliphatic carbocycles. The summed E-state index contributed by atoms with van der Waals surface area (Å²) in [4.78, 5) is 11.7. The Morgan fingerprint density at radius 2 is 2.00 bits per heavy atom. The Kier molecular flexibility index (Phi) is 8.75. The lowest BCUT2D eigenvalue weighted by atomic mass is 10.1. The highest BCUT2D eigenvalue weighted by atomic mass is 127. The van der Waals surface area contributed by atoms with Crippen molar-refractivity contribution in [3.8, 4) is 11.5 Å². The monoisotopic (exact) mass is 497 g/mol. The summed E-state index contributed by atoms with van der Waals surface area (Å²) in [6.45, 7) is 8.57. The number of nitrogens with one attached hydrogen (secondary N) is 2. The van der Waals surface area contributed by atoms with Gasteiger partial charge < -0.3 is 15.1 Å². The number of hydrogen-bond donors (Lipinski definition) is 2. The van der Waals surface area contributed by atoms with E-state index >= 15 is 0 Å². The maximum Gasteiger partial charge on any atom is 0.226 e.